The molecule has 3 aromatic rings. The third-order valence-electron chi connectivity index (χ3n) is 3.90. The molecule has 0 aliphatic rings. The van der Waals surface area contributed by atoms with Gasteiger partial charge in [0.2, 0.25) is 0 Å². The summed E-state index contributed by atoms with van der Waals surface area (Å²) in [5.74, 6) is 0. The molecule has 0 amide bonds. The Hall–Kier alpha value is -2.06. The topological polar surface area (TPSA) is 30.9 Å². The van der Waals surface area contributed by atoms with Crippen LogP contribution in [0.15, 0.2) is 48.7 Å². The fraction of sp³-hybridized carbons (Fsp3) is 0.263. The Bertz CT molecular complexity index is 748. The van der Waals surface area contributed by atoms with E-state index in [0.29, 0.717) is 6.54 Å². The van der Waals surface area contributed by atoms with Crippen molar-refractivity contribution in [1.82, 2.24) is 4.57 Å². The van der Waals surface area contributed by atoms with Crippen LogP contribution in [0.25, 0.3) is 10.9 Å². The molecule has 2 heteroatoms. The highest BCUT2D eigenvalue weighted by Crippen LogP contribution is 2.20. The lowest BCUT2D eigenvalue weighted by molar-refractivity contribution is 0.834. The minimum Gasteiger partial charge on any atom is -0.343 e. The van der Waals surface area contributed by atoms with Crippen LogP contribution in [-0.2, 0) is 13.0 Å². The lowest BCUT2D eigenvalue weighted by Crippen LogP contribution is -2.02. The first-order chi connectivity index (χ1) is 10.2. The molecule has 2 N–H and O–H groups in total. The van der Waals surface area contributed by atoms with Gasteiger partial charge in [0.1, 0.15) is 0 Å². The second kappa shape index (κ2) is 5.74. The van der Waals surface area contributed by atoms with E-state index in [1.807, 2.05) is 0 Å². The van der Waals surface area contributed by atoms with E-state index in [4.69, 9.17) is 5.73 Å². The van der Waals surface area contributed by atoms with Crippen LogP contribution in [0.2, 0.25) is 0 Å². The van der Waals surface area contributed by atoms with Crippen molar-refractivity contribution in [2.45, 2.75) is 26.8 Å². The monoisotopic (exact) mass is 278 g/mol. The van der Waals surface area contributed by atoms with Gasteiger partial charge in [0.05, 0.1) is 0 Å². The van der Waals surface area contributed by atoms with E-state index in [0.717, 1.165) is 13.0 Å². The average molecular weight is 278 g/mol. The van der Waals surface area contributed by atoms with Gasteiger partial charge in [0.15, 0.2) is 0 Å². The van der Waals surface area contributed by atoms with Gasteiger partial charge in [-0.25, -0.2) is 0 Å². The highest BCUT2D eigenvalue weighted by Gasteiger charge is 2.04. The minimum atomic E-state index is 0.703. The number of hydrogen-bond donors (Lipinski definition) is 1. The normalized spacial score (nSPS) is 11.2. The number of aryl methyl sites for hydroxylation is 2. The SMILES string of the molecule is Cc1cc(C)cc(Cn2ccc3cc(CCN)ccc32)c1. The standard InChI is InChI=1S/C19H22N2/c1-14-9-15(2)11-17(10-14)13-21-8-6-18-12-16(5-7-20)3-4-19(18)21/h3-4,6,8-12H,5,7,13,20H2,1-2H3. The van der Waals surface area contributed by atoms with Crippen LogP contribution in [0.4, 0.5) is 0 Å². The van der Waals surface area contributed by atoms with Gasteiger partial charge in [-0.15, -0.1) is 0 Å². The summed E-state index contributed by atoms with van der Waals surface area (Å²) < 4.78 is 2.32. The molecule has 0 unspecified atom stereocenters. The van der Waals surface area contributed by atoms with Crippen LogP contribution in [0.1, 0.15) is 22.3 Å². The Morgan fingerprint density at radius 3 is 2.38 bits per heavy atom. The van der Waals surface area contributed by atoms with Crippen LogP contribution >= 0.6 is 0 Å². The number of nitrogens with zero attached hydrogens (tertiary/aromatic N) is 1. The van der Waals surface area contributed by atoms with Crippen molar-refractivity contribution in [3.05, 3.63) is 70.9 Å². The van der Waals surface area contributed by atoms with E-state index >= 15 is 0 Å². The predicted molar refractivity (Wildman–Crippen MR) is 89.7 cm³/mol. The predicted octanol–water partition coefficient (Wildman–Crippen LogP) is 3.81. The molecule has 0 saturated carbocycles. The average Bonchev–Trinajstić information content (AvgIpc) is 2.80. The summed E-state index contributed by atoms with van der Waals surface area (Å²) in [4.78, 5) is 0. The van der Waals surface area contributed by atoms with Crippen molar-refractivity contribution in [2.24, 2.45) is 5.73 Å². The zero-order chi connectivity index (χ0) is 14.8. The second-order valence-corrected chi connectivity index (χ2v) is 5.87. The molecule has 0 atom stereocenters. The number of hydrogen-bond acceptors (Lipinski definition) is 1. The molecule has 2 aromatic carbocycles. The summed E-state index contributed by atoms with van der Waals surface area (Å²) in [6, 6.07) is 15.6. The molecule has 21 heavy (non-hydrogen) atoms. The highest BCUT2D eigenvalue weighted by molar-refractivity contribution is 5.81. The first-order valence-electron chi connectivity index (χ1n) is 7.51. The van der Waals surface area contributed by atoms with E-state index in [1.54, 1.807) is 0 Å². The smallest absolute Gasteiger partial charge is 0.0483 e. The Kier molecular flexibility index (Phi) is 3.80. The molecule has 1 aromatic heterocycles. The van der Waals surface area contributed by atoms with Gasteiger partial charge in [0.25, 0.3) is 0 Å². The molecular formula is C19H22N2. The number of nitrogens with two attached hydrogens (primary N) is 1. The third-order valence-corrected chi connectivity index (χ3v) is 3.90. The first-order valence-corrected chi connectivity index (χ1v) is 7.51. The molecule has 3 rings (SSSR count). The first kappa shape index (κ1) is 13.9. The van der Waals surface area contributed by atoms with Crippen molar-refractivity contribution in [1.29, 1.82) is 0 Å². The molecule has 108 valence electrons. The van der Waals surface area contributed by atoms with Crippen LogP contribution in [0, 0.1) is 13.8 Å². The maximum absolute atomic E-state index is 5.64. The number of benzene rings is 2. The van der Waals surface area contributed by atoms with Crippen LogP contribution in [-0.4, -0.2) is 11.1 Å². The van der Waals surface area contributed by atoms with Crippen LogP contribution < -0.4 is 5.73 Å². The summed E-state index contributed by atoms with van der Waals surface area (Å²) in [5, 5.41) is 1.30. The minimum absolute atomic E-state index is 0.703. The quantitative estimate of drug-likeness (QED) is 0.773. The van der Waals surface area contributed by atoms with E-state index in [2.05, 4.69) is 67.1 Å². The second-order valence-electron chi connectivity index (χ2n) is 5.87. The third kappa shape index (κ3) is 3.01. The Labute approximate surface area is 126 Å². The molecular weight excluding hydrogens is 256 g/mol. The van der Waals surface area contributed by atoms with Gasteiger partial charge in [-0.2, -0.15) is 0 Å². The van der Waals surface area contributed by atoms with Gasteiger partial charge < -0.3 is 10.3 Å². The van der Waals surface area contributed by atoms with E-state index in [9.17, 15) is 0 Å². The molecule has 0 spiro atoms. The van der Waals surface area contributed by atoms with Gasteiger partial charge in [-0.05, 0) is 61.5 Å². The van der Waals surface area contributed by atoms with Gasteiger partial charge in [0, 0.05) is 18.3 Å². The van der Waals surface area contributed by atoms with Crippen molar-refractivity contribution in [3.63, 3.8) is 0 Å². The van der Waals surface area contributed by atoms with E-state index < -0.39 is 0 Å². The van der Waals surface area contributed by atoms with Crippen molar-refractivity contribution < 1.29 is 0 Å². The number of fused-ring (bicyclic) bond motifs is 1. The van der Waals surface area contributed by atoms with Crippen molar-refractivity contribution in [2.75, 3.05) is 6.54 Å². The maximum atomic E-state index is 5.64. The molecule has 0 radical (unpaired) electrons. The molecule has 0 bridgehead atoms. The van der Waals surface area contributed by atoms with E-state index in [-0.39, 0.29) is 0 Å². The number of rotatable bonds is 4. The zero-order valence-corrected chi connectivity index (χ0v) is 12.8. The summed E-state index contributed by atoms with van der Waals surface area (Å²) in [5.41, 5.74) is 12.2. The summed E-state index contributed by atoms with van der Waals surface area (Å²) in [6.45, 7) is 5.93. The largest absolute Gasteiger partial charge is 0.343 e. The fourth-order valence-corrected chi connectivity index (χ4v) is 3.07. The summed E-state index contributed by atoms with van der Waals surface area (Å²) in [6.07, 6.45) is 3.12. The molecule has 0 aliphatic heterocycles. The fourth-order valence-electron chi connectivity index (χ4n) is 3.07. The summed E-state index contributed by atoms with van der Waals surface area (Å²) >= 11 is 0. The van der Waals surface area contributed by atoms with Crippen LogP contribution in [0.3, 0.4) is 0 Å². The van der Waals surface area contributed by atoms with Gasteiger partial charge >= 0.3 is 0 Å². The summed E-state index contributed by atoms with van der Waals surface area (Å²) in [7, 11) is 0. The van der Waals surface area contributed by atoms with Crippen LogP contribution in [0.5, 0.6) is 0 Å². The Morgan fingerprint density at radius 1 is 0.905 bits per heavy atom. The van der Waals surface area contributed by atoms with Gasteiger partial charge in [-0.3, -0.25) is 0 Å². The lowest BCUT2D eigenvalue weighted by Gasteiger charge is -2.08. The molecule has 1 heterocycles. The lowest BCUT2D eigenvalue weighted by atomic mass is 10.1. The van der Waals surface area contributed by atoms with Crippen molar-refractivity contribution in [3.8, 4) is 0 Å². The molecule has 2 nitrogen and oxygen atoms in total. The van der Waals surface area contributed by atoms with E-state index in [1.165, 1.54) is 33.2 Å². The molecule has 0 aliphatic carbocycles. The Balaban J connectivity index is 1.93. The van der Waals surface area contributed by atoms with Crippen molar-refractivity contribution >= 4 is 10.9 Å². The molecule has 0 fully saturated rings. The molecule has 0 saturated heterocycles. The highest BCUT2D eigenvalue weighted by atomic mass is 14.9. The Morgan fingerprint density at radius 2 is 1.67 bits per heavy atom. The number of aromatic nitrogens is 1. The zero-order valence-electron chi connectivity index (χ0n) is 12.8. The maximum Gasteiger partial charge on any atom is 0.0483 e. The van der Waals surface area contributed by atoms with Gasteiger partial charge in [-0.1, -0.05) is 35.4 Å².